The Labute approximate surface area is 191 Å². The fourth-order valence-electron chi connectivity index (χ4n) is 2.47. The van der Waals surface area contributed by atoms with Crippen LogP contribution in [0.5, 0.6) is 0 Å². The van der Waals surface area contributed by atoms with Crippen LogP contribution in [0.4, 0.5) is 5.69 Å². The van der Waals surface area contributed by atoms with E-state index in [0.29, 0.717) is 5.69 Å². The lowest BCUT2D eigenvalue weighted by atomic mass is 10.2. The van der Waals surface area contributed by atoms with Gasteiger partial charge in [-0.2, -0.15) is 13.1 Å². The lowest BCUT2D eigenvalue weighted by Gasteiger charge is -2.18. The van der Waals surface area contributed by atoms with E-state index >= 15 is 0 Å². The van der Waals surface area contributed by atoms with Gasteiger partial charge in [0.15, 0.2) is 0 Å². The van der Waals surface area contributed by atoms with E-state index in [1.165, 1.54) is 42.5 Å². The van der Waals surface area contributed by atoms with Gasteiger partial charge in [-0.3, -0.25) is 4.79 Å². The van der Waals surface area contributed by atoms with Gasteiger partial charge in [-0.1, -0.05) is 17.7 Å². The summed E-state index contributed by atoms with van der Waals surface area (Å²) in [5, 5.41) is 2.62. The highest BCUT2D eigenvalue weighted by Crippen LogP contribution is 2.17. The van der Waals surface area contributed by atoms with Crippen LogP contribution in [0.3, 0.4) is 0 Å². The van der Waals surface area contributed by atoms with Gasteiger partial charge in [-0.05, 0) is 49.4 Å². The number of hydrogen-bond donors (Lipinski definition) is 2. The molecule has 0 saturated carbocycles. The van der Waals surface area contributed by atoms with Crippen molar-refractivity contribution in [1.82, 2.24) is 4.72 Å². The molecular weight excluding hydrogens is 484 g/mol. The number of carbonyl (C=O) groups excluding carboxylic acids is 2. The topological polar surface area (TPSA) is 145 Å². The highest BCUT2D eigenvalue weighted by Gasteiger charge is 2.26. The van der Waals surface area contributed by atoms with Gasteiger partial charge in [0.05, 0.1) is 29.7 Å². The molecule has 0 fully saturated rings. The summed E-state index contributed by atoms with van der Waals surface area (Å²) in [6.45, 7) is 1.88. The monoisotopic (exact) mass is 504 g/mol. The lowest BCUT2D eigenvalue weighted by molar-refractivity contribution is -0.117. The summed E-state index contributed by atoms with van der Waals surface area (Å²) in [5.74, 6) is -1.27. The fraction of sp³-hybridized carbons (Fsp3) is 0.263. The van der Waals surface area contributed by atoms with Gasteiger partial charge >= 0.3 is 5.97 Å². The Bertz CT molecular complexity index is 1180. The van der Waals surface area contributed by atoms with E-state index in [-0.39, 0.29) is 22.1 Å². The zero-order chi connectivity index (χ0) is 23.9. The molecule has 0 aliphatic rings. The summed E-state index contributed by atoms with van der Waals surface area (Å²) in [7, 11) is -8.36. The summed E-state index contributed by atoms with van der Waals surface area (Å²) in [5.41, 5.74) is 0.566. The summed E-state index contributed by atoms with van der Waals surface area (Å²) in [6.07, 6.45) is -1.65. The van der Waals surface area contributed by atoms with Crippen LogP contribution in [-0.2, 0) is 33.9 Å². The average Bonchev–Trinajstić information content (AvgIpc) is 2.67. The molecule has 0 heterocycles. The number of benzene rings is 2. The second kappa shape index (κ2) is 10.9. The average molecular weight is 505 g/mol. The molecule has 2 aromatic carbocycles. The van der Waals surface area contributed by atoms with Crippen molar-refractivity contribution in [1.29, 1.82) is 0 Å². The highest BCUT2D eigenvalue weighted by atomic mass is 35.5. The van der Waals surface area contributed by atoms with Gasteiger partial charge in [-0.25, -0.2) is 17.4 Å². The quantitative estimate of drug-likeness (QED) is 0.284. The number of halogens is 1. The van der Waals surface area contributed by atoms with Crippen LogP contribution in [0.25, 0.3) is 0 Å². The predicted molar refractivity (Wildman–Crippen MR) is 117 cm³/mol. The molecule has 174 valence electrons. The van der Waals surface area contributed by atoms with Crippen molar-refractivity contribution in [2.24, 2.45) is 0 Å². The predicted octanol–water partition coefficient (Wildman–Crippen LogP) is 2.13. The van der Waals surface area contributed by atoms with E-state index in [1.807, 2.05) is 4.72 Å². The maximum atomic E-state index is 12.6. The second-order valence-corrected chi connectivity index (χ2v) is 10.2. The number of anilines is 1. The Morgan fingerprint density at radius 2 is 1.72 bits per heavy atom. The first-order chi connectivity index (χ1) is 14.9. The van der Waals surface area contributed by atoms with Crippen LogP contribution in [0.15, 0.2) is 53.4 Å². The molecule has 0 bridgehead atoms. The van der Waals surface area contributed by atoms with Gasteiger partial charge in [0.1, 0.15) is 6.23 Å². The zero-order valence-electron chi connectivity index (χ0n) is 17.1. The molecule has 1 unspecified atom stereocenters. The van der Waals surface area contributed by atoms with Crippen LogP contribution in [0.2, 0.25) is 5.02 Å². The molecule has 32 heavy (non-hydrogen) atoms. The maximum Gasteiger partial charge on any atom is 0.338 e. The number of ether oxygens (including phenoxy) is 1. The minimum atomic E-state index is -4.25. The zero-order valence-corrected chi connectivity index (χ0v) is 19.5. The molecule has 0 saturated heterocycles. The normalized spacial score (nSPS) is 12.7. The Morgan fingerprint density at radius 1 is 1.06 bits per heavy atom. The number of rotatable bonds is 10. The van der Waals surface area contributed by atoms with Gasteiger partial charge in [0.25, 0.3) is 10.1 Å². The third-order valence-electron chi connectivity index (χ3n) is 3.73. The summed E-state index contributed by atoms with van der Waals surface area (Å²) in [6, 6.07) is 11.0. The van der Waals surface area contributed by atoms with Crippen LogP contribution in [0, 0.1) is 0 Å². The highest BCUT2D eigenvalue weighted by molar-refractivity contribution is 7.89. The van der Waals surface area contributed by atoms with E-state index in [4.69, 9.17) is 20.5 Å². The molecule has 2 N–H and O–H groups in total. The fourth-order valence-corrected chi connectivity index (χ4v) is 4.47. The number of sulfonamides is 1. The SMILES string of the molecule is CCOC(=O)c1ccc(NC(=O)CC(NS(=O)(=O)c2cccc(Cl)c2)OS(C)(=O)=O)cc1. The molecule has 0 aliphatic carbocycles. The minimum absolute atomic E-state index is 0.150. The molecule has 0 aromatic heterocycles. The maximum absolute atomic E-state index is 12.6. The van der Waals surface area contributed by atoms with Crippen LogP contribution < -0.4 is 10.0 Å². The summed E-state index contributed by atoms with van der Waals surface area (Å²) >= 11 is 5.80. The number of hydrogen-bond acceptors (Lipinski definition) is 8. The van der Waals surface area contributed by atoms with E-state index in [2.05, 4.69) is 5.32 Å². The van der Waals surface area contributed by atoms with Crippen molar-refractivity contribution in [3.63, 3.8) is 0 Å². The molecule has 10 nitrogen and oxygen atoms in total. The van der Waals surface area contributed by atoms with E-state index < -0.39 is 44.7 Å². The van der Waals surface area contributed by atoms with Gasteiger partial charge in [0.2, 0.25) is 15.9 Å². The molecule has 1 atom stereocenters. The standard InChI is InChI=1S/C19H21ClN2O8S2/c1-3-29-19(24)13-7-9-15(10-8-13)21-17(23)12-18(30-31(2,25)26)22-32(27,28)16-6-4-5-14(20)11-16/h4-11,18,22H,3,12H2,1-2H3,(H,21,23). The number of carbonyl (C=O) groups is 2. The molecule has 2 rings (SSSR count). The van der Waals surface area contributed by atoms with Gasteiger partial charge in [-0.15, -0.1) is 0 Å². The van der Waals surface area contributed by atoms with Crippen LogP contribution in [0.1, 0.15) is 23.7 Å². The number of amides is 1. The Balaban J connectivity index is 2.13. The van der Waals surface area contributed by atoms with E-state index in [1.54, 1.807) is 6.92 Å². The lowest BCUT2D eigenvalue weighted by Crippen LogP contribution is -2.40. The molecule has 0 radical (unpaired) electrons. The molecule has 2 aromatic rings. The van der Waals surface area contributed by atoms with E-state index in [0.717, 1.165) is 12.3 Å². The first-order valence-electron chi connectivity index (χ1n) is 9.13. The Kier molecular flexibility index (Phi) is 8.75. The molecule has 1 amide bonds. The molecule has 13 heteroatoms. The third kappa shape index (κ3) is 8.20. The summed E-state index contributed by atoms with van der Waals surface area (Å²) < 4.78 is 59.9. The largest absolute Gasteiger partial charge is 0.462 e. The van der Waals surface area contributed by atoms with Crippen molar-refractivity contribution in [3.05, 3.63) is 59.1 Å². The van der Waals surface area contributed by atoms with Crippen molar-refractivity contribution in [2.75, 3.05) is 18.2 Å². The van der Waals surface area contributed by atoms with Gasteiger partial charge in [0, 0.05) is 10.7 Å². The number of esters is 1. The smallest absolute Gasteiger partial charge is 0.338 e. The first-order valence-corrected chi connectivity index (χ1v) is 12.8. The third-order valence-corrected chi connectivity index (χ3v) is 6.00. The van der Waals surface area contributed by atoms with Crippen molar-refractivity contribution < 1.29 is 35.3 Å². The molecule has 0 aliphatic heterocycles. The minimum Gasteiger partial charge on any atom is -0.462 e. The van der Waals surface area contributed by atoms with E-state index in [9.17, 15) is 26.4 Å². The van der Waals surface area contributed by atoms with Crippen LogP contribution in [-0.4, -0.2) is 47.8 Å². The Hall–Kier alpha value is -2.51. The second-order valence-electron chi connectivity index (χ2n) is 6.42. The van der Waals surface area contributed by atoms with Crippen LogP contribution >= 0.6 is 11.6 Å². The van der Waals surface area contributed by atoms with Crippen molar-refractivity contribution in [3.8, 4) is 0 Å². The first kappa shape index (κ1) is 25.7. The molecular formula is C19H21ClN2O8S2. The Morgan fingerprint density at radius 3 is 2.28 bits per heavy atom. The number of nitrogens with one attached hydrogen (secondary N) is 2. The molecule has 0 spiro atoms. The van der Waals surface area contributed by atoms with Gasteiger partial charge < -0.3 is 10.1 Å². The van der Waals surface area contributed by atoms with Crippen molar-refractivity contribution >= 4 is 49.3 Å². The summed E-state index contributed by atoms with van der Waals surface area (Å²) in [4.78, 5) is 23.8. The van der Waals surface area contributed by atoms with Crippen molar-refractivity contribution in [2.45, 2.75) is 24.5 Å².